The third-order valence-electron chi connectivity index (χ3n) is 2.70. The van der Waals surface area contributed by atoms with Gasteiger partial charge < -0.3 is 0 Å². The molecule has 2 aromatic rings. The SMILES string of the molecule is Cc1ccc(C(Cl)C(C)c2ccncc2)s1. The number of nitrogens with zero attached hydrogens (tertiary/aromatic N) is 1. The highest BCUT2D eigenvalue weighted by Crippen LogP contribution is 2.38. The molecule has 3 heteroatoms. The second-order valence-electron chi connectivity index (χ2n) is 3.92. The van der Waals surface area contributed by atoms with Gasteiger partial charge in [-0.05, 0) is 36.8 Å². The summed E-state index contributed by atoms with van der Waals surface area (Å²) in [4.78, 5) is 6.57. The van der Waals surface area contributed by atoms with Crippen LogP contribution in [0, 0.1) is 6.92 Å². The zero-order valence-corrected chi connectivity index (χ0v) is 10.9. The molecule has 2 heterocycles. The molecule has 0 aliphatic heterocycles. The summed E-state index contributed by atoms with van der Waals surface area (Å²) in [6.07, 6.45) is 3.63. The van der Waals surface area contributed by atoms with Crippen LogP contribution in [0.15, 0.2) is 36.7 Å². The van der Waals surface area contributed by atoms with Crippen molar-refractivity contribution in [1.82, 2.24) is 4.98 Å². The average Bonchev–Trinajstić information content (AvgIpc) is 2.75. The van der Waals surface area contributed by atoms with E-state index in [-0.39, 0.29) is 5.38 Å². The lowest BCUT2D eigenvalue weighted by molar-refractivity contribution is 0.740. The van der Waals surface area contributed by atoms with Gasteiger partial charge in [0.05, 0.1) is 5.38 Å². The lowest BCUT2D eigenvalue weighted by atomic mass is 9.98. The Balaban J connectivity index is 2.19. The van der Waals surface area contributed by atoms with Crippen molar-refractivity contribution in [2.24, 2.45) is 0 Å². The van der Waals surface area contributed by atoms with Crippen molar-refractivity contribution in [2.75, 3.05) is 0 Å². The average molecular weight is 252 g/mol. The van der Waals surface area contributed by atoms with E-state index in [1.807, 2.05) is 24.5 Å². The fourth-order valence-electron chi connectivity index (χ4n) is 1.68. The van der Waals surface area contributed by atoms with Gasteiger partial charge in [-0.25, -0.2) is 0 Å². The van der Waals surface area contributed by atoms with Crippen molar-refractivity contribution < 1.29 is 0 Å². The highest BCUT2D eigenvalue weighted by Gasteiger charge is 2.19. The second kappa shape index (κ2) is 4.98. The molecular weight excluding hydrogens is 238 g/mol. The maximum Gasteiger partial charge on any atom is 0.0744 e. The fraction of sp³-hybridized carbons (Fsp3) is 0.308. The van der Waals surface area contributed by atoms with Crippen molar-refractivity contribution >= 4 is 22.9 Å². The molecule has 0 saturated carbocycles. The van der Waals surface area contributed by atoms with E-state index in [4.69, 9.17) is 11.6 Å². The van der Waals surface area contributed by atoms with Crippen LogP contribution in [0.1, 0.15) is 33.5 Å². The zero-order chi connectivity index (χ0) is 11.5. The van der Waals surface area contributed by atoms with E-state index in [1.54, 1.807) is 11.3 Å². The van der Waals surface area contributed by atoms with Crippen molar-refractivity contribution in [3.05, 3.63) is 52.0 Å². The number of rotatable bonds is 3. The Bertz CT molecular complexity index is 452. The first-order chi connectivity index (χ1) is 7.68. The number of hydrogen-bond acceptors (Lipinski definition) is 2. The predicted octanol–water partition coefficient (Wildman–Crippen LogP) is 4.54. The maximum absolute atomic E-state index is 6.49. The lowest BCUT2D eigenvalue weighted by Crippen LogP contribution is -2.00. The molecule has 0 aromatic carbocycles. The minimum absolute atomic E-state index is 0.0427. The Hall–Kier alpha value is -0.860. The molecule has 0 spiro atoms. The van der Waals surface area contributed by atoms with E-state index in [0.717, 1.165) is 0 Å². The molecule has 1 nitrogen and oxygen atoms in total. The Kier molecular flexibility index (Phi) is 3.62. The third kappa shape index (κ3) is 2.45. The van der Waals surface area contributed by atoms with E-state index >= 15 is 0 Å². The summed E-state index contributed by atoms with van der Waals surface area (Å²) in [5.41, 5.74) is 1.24. The van der Waals surface area contributed by atoms with Crippen LogP contribution in [0.25, 0.3) is 0 Å². The highest BCUT2D eigenvalue weighted by atomic mass is 35.5. The molecular formula is C13H14ClNS. The van der Waals surface area contributed by atoms with Gasteiger partial charge in [0.25, 0.3) is 0 Å². The van der Waals surface area contributed by atoms with Gasteiger partial charge in [-0.15, -0.1) is 22.9 Å². The summed E-state index contributed by atoms with van der Waals surface area (Å²) in [5.74, 6) is 0.308. The third-order valence-corrected chi connectivity index (χ3v) is 4.53. The van der Waals surface area contributed by atoms with Crippen LogP contribution in [0.3, 0.4) is 0 Å². The predicted molar refractivity (Wildman–Crippen MR) is 70.3 cm³/mol. The van der Waals surface area contributed by atoms with Gasteiger partial charge in [-0.2, -0.15) is 0 Å². The largest absolute Gasteiger partial charge is 0.265 e. The van der Waals surface area contributed by atoms with Crippen LogP contribution in [0.5, 0.6) is 0 Å². The number of thiophene rings is 1. The summed E-state index contributed by atoms with van der Waals surface area (Å²) >= 11 is 8.27. The van der Waals surface area contributed by atoms with E-state index in [2.05, 4.69) is 31.0 Å². The molecule has 2 unspecified atom stereocenters. The standard InChI is InChI=1S/C13H14ClNS/c1-9-3-4-12(16-9)13(14)10(2)11-5-7-15-8-6-11/h3-8,10,13H,1-2H3. The summed E-state index contributed by atoms with van der Waals surface area (Å²) in [7, 11) is 0. The highest BCUT2D eigenvalue weighted by molar-refractivity contribution is 7.12. The molecule has 84 valence electrons. The topological polar surface area (TPSA) is 12.9 Å². The Morgan fingerprint density at radius 2 is 1.88 bits per heavy atom. The first kappa shape index (κ1) is 11.6. The van der Waals surface area contributed by atoms with Crippen LogP contribution < -0.4 is 0 Å². The molecule has 0 amide bonds. The first-order valence-corrected chi connectivity index (χ1v) is 6.54. The minimum Gasteiger partial charge on any atom is -0.265 e. The molecule has 0 aliphatic rings. The Morgan fingerprint density at radius 1 is 1.19 bits per heavy atom. The number of halogens is 1. The van der Waals surface area contributed by atoms with Crippen LogP contribution in [0.4, 0.5) is 0 Å². The second-order valence-corrected chi connectivity index (χ2v) is 5.71. The number of aryl methyl sites for hydroxylation is 1. The van der Waals surface area contributed by atoms with E-state index in [9.17, 15) is 0 Å². The quantitative estimate of drug-likeness (QED) is 0.730. The molecule has 2 rings (SSSR count). The van der Waals surface area contributed by atoms with Crippen LogP contribution in [-0.2, 0) is 0 Å². The van der Waals surface area contributed by atoms with Gasteiger partial charge in [0, 0.05) is 28.1 Å². The number of pyridine rings is 1. The van der Waals surface area contributed by atoms with Gasteiger partial charge >= 0.3 is 0 Å². The lowest BCUT2D eigenvalue weighted by Gasteiger charge is -2.16. The molecule has 0 aliphatic carbocycles. The molecule has 0 bridgehead atoms. The van der Waals surface area contributed by atoms with Crippen molar-refractivity contribution in [3.8, 4) is 0 Å². The molecule has 0 fully saturated rings. The summed E-state index contributed by atoms with van der Waals surface area (Å²) < 4.78 is 0. The van der Waals surface area contributed by atoms with Gasteiger partial charge in [-0.1, -0.05) is 6.92 Å². The molecule has 16 heavy (non-hydrogen) atoms. The number of aromatic nitrogens is 1. The maximum atomic E-state index is 6.49. The van der Waals surface area contributed by atoms with Gasteiger partial charge in [-0.3, -0.25) is 4.98 Å². The van der Waals surface area contributed by atoms with E-state index in [0.29, 0.717) is 5.92 Å². The molecule has 2 atom stereocenters. The van der Waals surface area contributed by atoms with Crippen LogP contribution in [-0.4, -0.2) is 4.98 Å². The Labute approximate surface area is 105 Å². The normalized spacial score (nSPS) is 14.7. The van der Waals surface area contributed by atoms with Crippen molar-refractivity contribution in [1.29, 1.82) is 0 Å². The van der Waals surface area contributed by atoms with Crippen molar-refractivity contribution in [3.63, 3.8) is 0 Å². The fourth-order valence-corrected chi connectivity index (χ4v) is 3.00. The van der Waals surface area contributed by atoms with E-state index < -0.39 is 0 Å². The summed E-state index contributed by atoms with van der Waals surface area (Å²) in [6.45, 7) is 4.26. The first-order valence-electron chi connectivity index (χ1n) is 5.29. The van der Waals surface area contributed by atoms with Crippen LogP contribution >= 0.6 is 22.9 Å². The monoisotopic (exact) mass is 251 g/mol. The molecule has 0 saturated heterocycles. The molecule has 2 aromatic heterocycles. The Morgan fingerprint density at radius 3 is 2.44 bits per heavy atom. The number of hydrogen-bond donors (Lipinski definition) is 0. The van der Waals surface area contributed by atoms with Gasteiger partial charge in [0.1, 0.15) is 0 Å². The smallest absolute Gasteiger partial charge is 0.0744 e. The summed E-state index contributed by atoms with van der Waals surface area (Å²) in [5, 5.41) is 0.0427. The van der Waals surface area contributed by atoms with E-state index in [1.165, 1.54) is 15.3 Å². The summed E-state index contributed by atoms with van der Waals surface area (Å²) in [6, 6.07) is 8.30. The van der Waals surface area contributed by atoms with Crippen molar-refractivity contribution in [2.45, 2.75) is 25.1 Å². The van der Waals surface area contributed by atoms with Gasteiger partial charge in [0.15, 0.2) is 0 Å². The van der Waals surface area contributed by atoms with Gasteiger partial charge in [0.2, 0.25) is 0 Å². The van der Waals surface area contributed by atoms with Crippen LogP contribution in [0.2, 0.25) is 0 Å². The molecule has 0 radical (unpaired) electrons. The minimum atomic E-state index is 0.0427. The zero-order valence-electron chi connectivity index (χ0n) is 9.35. The molecule has 0 N–H and O–H groups in total. The number of alkyl halides is 1.